The van der Waals surface area contributed by atoms with Gasteiger partial charge in [-0.2, -0.15) is 0 Å². The minimum absolute atomic E-state index is 0.661. The first-order valence-corrected chi connectivity index (χ1v) is 6.93. The molecule has 0 saturated heterocycles. The van der Waals surface area contributed by atoms with Gasteiger partial charge in [-0.3, -0.25) is 4.40 Å². The van der Waals surface area contributed by atoms with Crippen molar-refractivity contribution in [2.24, 2.45) is 0 Å². The molecule has 4 aromatic rings. The van der Waals surface area contributed by atoms with Gasteiger partial charge in [0, 0.05) is 17.4 Å². The van der Waals surface area contributed by atoms with Crippen molar-refractivity contribution in [3.8, 4) is 17.0 Å². The van der Waals surface area contributed by atoms with Crippen LogP contribution >= 0.6 is 0 Å². The van der Waals surface area contributed by atoms with Crippen LogP contribution in [0.2, 0.25) is 0 Å². The molecule has 0 atom stereocenters. The average Bonchev–Trinajstić information content (AvgIpc) is 2.92. The molecule has 0 bridgehead atoms. The Morgan fingerprint density at radius 2 is 1.82 bits per heavy atom. The zero-order valence-corrected chi connectivity index (χ0v) is 12.0. The summed E-state index contributed by atoms with van der Waals surface area (Å²) in [7, 11) is 1.65. The molecule has 4 rings (SSSR count). The van der Waals surface area contributed by atoms with E-state index in [4.69, 9.17) is 10.5 Å². The third-order valence-electron chi connectivity index (χ3n) is 3.68. The normalized spacial score (nSPS) is 11.1. The molecule has 0 fully saturated rings. The Labute approximate surface area is 127 Å². The maximum absolute atomic E-state index is 5.85. The van der Waals surface area contributed by atoms with Gasteiger partial charge in [0.2, 0.25) is 5.78 Å². The van der Waals surface area contributed by atoms with Gasteiger partial charge in [-0.05, 0) is 48.5 Å². The summed E-state index contributed by atoms with van der Waals surface area (Å²) in [6, 6.07) is 15.4. The van der Waals surface area contributed by atoms with Crippen LogP contribution in [0.25, 0.3) is 28.1 Å². The lowest BCUT2D eigenvalue weighted by Crippen LogP contribution is -1.92. The van der Waals surface area contributed by atoms with Crippen LogP contribution in [-0.4, -0.2) is 21.5 Å². The molecule has 2 aromatic carbocycles. The third-order valence-corrected chi connectivity index (χ3v) is 3.68. The van der Waals surface area contributed by atoms with Crippen molar-refractivity contribution in [1.82, 2.24) is 14.4 Å². The van der Waals surface area contributed by atoms with E-state index in [2.05, 4.69) is 9.97 Å². The van der Waals surface area contributed by atoms with Crippen LogP contribution in [0.15, 0.2) is 54.7 Å². The molecule has 5 nitrogen and oxygen atoms in total. The van der Waals surface area contributed by atoms with E-state index in [9.17, 15) is 0 Å². The summed E-state index contributed by atoms with van der Waals surface area (Å²) in [6.45, 7) is 0. The quantitative estimate of drug-likeness (QED) is 0.576. The largest absolute Gasteiger partial charge is 0.497 e. The van der Waals surface area contributed by atoms with Crippen molar-refractivity contribution in [1.29, 1.82) is 0 Å². The predicted octanol–water partition coefficient (Wildman–Crippen LogP) is 3.14. The molecule has 0 spiro atoms. The summed E-state index contributed by atoms with van der Waals surface area (Å²) >= 11 is 0. The lowest BCUT2D eigenvalue weighted by molar-refractivity contribution is 0.415. The second kappa shape index (κ2) is 4.73. The maximum Gasteiger partial charge on any atom is 0.235 e. The molecule has 2 N–H and O–H groups in total. The Bertz CT molecular complexity index is 973. The Balaban J connectivity index is 1.87. The molecule has 0 amide bonds. The average molecular weight is 290 g/mol. The highest BCUT2D eigenvalue weighted by Gasteiger charge is 2.08. The highest BCUT2D eigenvalue weighted by Crippen LogP contribution is 2.23. The summed E-state index contributed by atoms with van der Waals surface area (Å²) in [5.74, 6) is 1.49. The Hall–Kier alpha value is -3.08. The number of nitrogens with zero attached hydrogens (tertiary/aromatic N) is 3. The number of nitrogen functional groups attached to an aromatic ring is 1. The van der Waals surface area contributed by atoms with Gasteiger partial charge in [0.05, 0.1) is 23.8 Å². The summed E-state index contributed by atoms with van der Waals surface area (Å²) in [5.41, 5.74) is 10.3. The number of rotatable bonds is 2. The minimum Gasteiger partial charge on any atom is -0.497 e. The molecule has 22 heavy (non-hydrogen) atoms. The Morgan fingerprint density at radius 1 is 1.00 bits per heavy atom. The van der Waals surface area contributed by atoms with Crippen molar-refractivity contribution < 1.29 is 4.74 Å². The lowest BCUT2D eigenvalue weighted by Gasteiger charge is -2.03. The van der Waals surface area contributed by atoms with Crippen molar-refractivity contribution in [2.75, 3.05) is 12.8 Å². The lowest BCUT2D eigenvalue weighted by atomic mass is 10.1. The second-order valence-corrected chi connectivity index (χ2v) is 5.07. The fourth-order valence-electron chi connectivity index (χ4n) is 2.54. The van der Waals surface area contributed by atoms with E-state index >= 15 is 0 Å². The molecular weight excluding hydrogens is 276 g/mol. The molecule has 0 radical (unpaired) electrons. The molecule has 0 unspecified atom stereocenters. The number of hydrogen-bond donors (Lipinski definition) is 1. The SMILES string of the molecule is COc1ccc(-c2ccn3c(n2)nc2ccc(N)cc23)cc1. The molecule has 2 aromatic heterocycles. The summed E-state index contributed by atoms with van der Waals surface area (Å²) in [6.07, 6.45) is 1.97. The molecule has 2 heterocycles. The van der Waals surface area contributed by atoms with Gasteiger partial charge >= 0.3 is 0 Å². The summed E-state index contributed by atoms with van der Waals surface area (Å²) in [4.78, 5) is 9.19. The summed E-state index contributed by atoms with van der Waals surface area (Å²) < 4.78 is 7.12. The molecule has 0 aliphatic carbocycles. The first-order valence-electron chi connectivity index (χ1n) is 6.93. The van der Waals surface area contributed by atoms with Crippen molar-refractivity contribution >= 4 is 22.5 Å². The third kappa shape index (κ3) is 1.95. The fraction of sp³-hybridized carbons (Fsp3) is 0.0588. The predicted molar refractivity (Wildman–Crippen MR) is 86.9 cm³/mol. The first-order chi connectivity index (χ1) is 10.7. The van der Waals surface area contributed by atoms with Crippen molar-refractivity contribution in [3.63, 3.8) is 0 Å². The number of nitrogens with two attached hydrogens (primary N) is 1. The summed E-state index contributed by atoms with van der Waals surface area (Å²) in [5, 5.41) is 0. The number of anilines is 1. The number of imidazole rings is 1. The number of hydrogen-bond acceptors (Lipinski definition) is 4. The van der Waals surface area contributed by atoms with E-state index in [1.165, 1.54) is 0 Å². The van der Waals surface area contributed by atoms with Gasteiger partial charge in [0.1, 0.15) is 5.75 Å². The van der Waals surface area contributed by atoms with E-state index in [1.807, 2.05) is 59.1 Å². The monoisotopic (exact) mass is 290 g/mol. The molecule has 0 aliphatic heterocycles. The topological polar surface area (TPSA) is 65.4 Å². The number of fused-ring (bicyclic) bond motifs is 3. The maximum atomic E-state index is 5.85. The van der Waals surface area contributed by atoms with Crippen LogP contribution in [0.1, 0.15) is 0 Å². The van der Waals surface area contributed by atoms with Crippen molar-refractivity contribution in [2.45, 2.75) is 0 Å². The van der Waals surface area contributed by atoms with Gasteiger partial charge in [0.25, 0.3) is 0 Å². The van der Waals surface area contributed by atoms with Gasteiger partial charge in [-0.15, -0.1) is 0 Å². The van der Waals surface area contributed by atoms with E-state index in [0.29, 0.717) is 11.5 Å². The van der Waals surface area contributed by atoms with Crippen LogP contribution in [0.5, 0.6) is 5.75 Å². The zero-order valence-electron chi connectivity index (χ0n) is 12.0. The molecular formula is C17H14N4O. The first kappa shape index (κ1) is 12.6. The number of benzene rings is 2. The van der Waals surface area contributed by atoms with E-state index < -0.39 is 0 Å². The second-order valence-electron chi connectivity index (χ2n) is 5.07. The highest BCUT2D eigenvalue weighted by molar-refractivity contribution is 5.83. The van der Waals surface area contributed by atoms with E-state index in [0.717, 1.165) is 28.0 Å². The van der Waals surface area contributed by atoms with Gasteiger partial charge in [-0.25, -0.2) is 9.97 Å². The molecule has 5 heteroatoms. The van der Waals surface area contributed by atoms with Crippen molar-refractivity contribution in [3.05, 3.63) is 54.7 Å². The number of ether oxygens (including phenoxy) is 1. The minimum atomic E-state index is 0.661. The molecule has 0 saturated carbocycles. The van der Waals surface area contributed by atoms with Crippen LogP contribution < -0.4 is 10.5 Å². The fourth-order valence-corrected chi connectivity index (χ4v) is 2.54. The van der Waals surface area contributed by atoms with E-state index in [1.54, 1.807) is 7.11 Å². The van der Waals surface area contributed by atoms with Gasteiger partial charge in [-0.1, -0.05) is 0 Å². The van der Waals surface area contributed by atoms with E-state index in [-0.39, 0.29) is 0 Å². The zero-order chi connectivity index (χ0) is 15.1. The smallest absolute Gasteiger partial charge is 0.235 e. The highest BCUT2D eigenvalue weighted by atomic mass is 16.5. The van der Waals surface area contributed by atoms with Gasteiger partial charge < -0.3 is 10.5 Å². The molecule has 108 valence electrons. The Kier molecular flexibility index (Phi) is 2.72. The van der Waals surface area contributed by atoms with Gasteiger partial charge in [0.15, 0.2) is 0 Å². The van der Waals surface area contributed by atoms with Crippen LogP contribution in [-0.2, 0) is 0 Å². The molecule has 0 aliphatic rings. The van der Waals surface area contributed by atoms with Crippen LogP contribution in [0.4, 0.5) is 5.69 Å². The number of aromatic nitrogens is 3. The standard InChI is InChI=1S/C17H14N4O/c1-22-13-5-2-11(3-6-13)14-8-9-21-16-10-12(18)4-7-15(16)20-17(21)19-14/h2-10H,18H2,1H3. The Morgan fingerprint density at radius 3 is 2.59 bits per heavy atom. The van der Waals surface area contributed by atoms with Crippen LogP contribution in [0.3, 0.4) is 0 Å². The van der Waals surface area contributed by atoms with Crippen LogP contribution in [0, 0.1) is 0 Å². The number of methoxy groups -OCH3 is 1.